The Morgan fingerprint density at radius 3 is 2.56 bits per heavy atom. The van der Waals surface area contributed by atoms with Crippen molar-refractivity contribution in [3.8, 4) is 11.5 Å². The third-order valence-corrected chi connectivity index (χ3v) is 2.60. The fourth-order valence-corrected chi connectivity index (χ4v) is 1.84. The van der Waals surface area contributed by atoms with Crippen LogP contribution < -0.4 is 15.0 Å². The molecule has 2 aromatic rings. The first-order chi connectivity index (χ1) is 8.60. The van der Waals surface area contributed by atoms with Gasteiger partial charge < -0.3 is 19.6 Å². The SMILES string of the molecule is COc1c(C(=O)O)c(=O)[nH]c2c(OC)cccc12. The zero-order valence-electron chi connectivity index (χ0n) is 9.81. The number of nitrogens with one attached hydrogen (secondary N) is 1. The van der Waals surface area contributed by atoms with Gasteiger partial charge in [0.2, 0.25) is 0 Å². The number of rotatable bonds is 3. The van der Waals surface area contributed by atoms with E-state index in [1.165, 1.54) is 14.2 Å². The average Bonchev–Trinajstić information content (AvgIpc) is 2.35. The van der Waals surface area contributed by atoms with Gasteiger partial charge in [-0.15, -0.1) is 0 Å². The van der Waals surface area contributed by atoms with E-state index in [-0.39, 0.29) is 5.75 Å². The molecule has 0 fully saturated rings. The maximum Gasteiger partial charge on any atom is 0.345 e. The van der Waals surface area contributed by atoms with E-state index < -0.39 is 17.1 Å². The molecule has 1 aromatic heterocycles. The van der Waals surface area contributed by atoms with Crippen LogP contribution in [0.1, 0.15) is 10.4 Å². The first-order valence-corrected chi connectivity index (χ1v) is 5.10. The number of pyridine rings is 1. The highest BCUT2D eigenvalue weighted by molar-refractivity contribution is 6.00. The molecule has 0 radical (unpaired) electrons. The maximum absolute atomic E-state index is 11.8. The number of aromatic nitrogens is 1. The number of aromatic amines is 1. The summed E-state index contributed by atoms with van der Waals surface area (Å²) in [5.41, 5.74) is -0.735. The number of carboxylic acids is 1. The second-order valence-corrected chi connectivity index (χ2v) is 3.55. The number of carboxylic acid groups (broad SMARTS) is 1. The molecule has 0 bridgehead atoms. The third kappa shape index (κ3) is 1.67. The first-order valence-electron chi connectivity index (χ1n) is 5.10. The molecule has 0 aliphatic carbocycles. The summed E-state index contributed by atoms with van der Waals surface area (Å²) in [6.45, 7) is 0. The molecular weight excluding hydrogens is 238 g/mol. The van der Waals surface area contributed by atoms with E-state index >= 15 is 0 Å². The normalized spacial score (nSPS) is 10.3. The fraction of sp³-hybridized carbons (Fsp3) is 0.167. The van der Waals surface area contributed by atoms with Gasteiger partial charge in [0.15, 0.2) is 5.56 Å². The molecule has 0 amide bonds. The van der Waals surface area contributed by atoms with Crippen molar-refractivity contribution in [2.45, 2.75) is 0 Å². The smallest absolute Gasteiger partial charge is 0.345 e. The van der Waals surface area contributed by atoms with Gasteiger partial charge in [-0.3, -0.25) is 4.79 Å². The van der Waals surface area contributed by atoms with Gasteiger partial charge in [-0.05, 0) is 12.1 Å². The predicted octanol–water partition coefficient (Wildman–Crippen LogP) is 1.24. The van der Waals surface area contributed by atoms with Crippen molar-refractivity contribution in [3.05, 3.63) is 34.1 Å². The summed E-state index contributed by atoms with van der Waals surface area (Å²) < 4.78 is 10.2. The third-order valence-electron chi connectivity index (χ3n) is 2.60. The molecule has 2 rings (SSSR count). The van der Waals surface area contributed by atoms with Gasteiger partial charge in [0.05, 0.1) is 19.7 Å². The van der Waals surface area contributed by atoms with E-state index in [1.807, 2.05) is 0 Å². The number of methoxy groups -OCH3 is 2. The van der Waals surface area contributed by atoms with Gasteiger partial charge in [0.25, 0.3) is 5.56 Å². The number of hydrogen-bond acceptors (Lipinski definition) is 4. The molecule has 94 valence electrons. The number of carbonyl (C=O) groups is 1. The molecule has 0 unspecified atom stereocenters. The molecule has 6 heteroatoms. The lowest BCUT2D eigenvalue weighted by atomic mass is 10.1. The Morgan fingerprint density at radius 2 is 2.00 bits per heavy atom. The molecule has 0 atom stereocenters. The largest absolute Gasteiger partial charge is 0.495 e. The highest BCUT2D eigenvalue weighted by atomic mass is 16.5. The van der Waals surface area contributed by atoms with Crippen molar-refractivity contribution in [1.82, 2.24) is 4.98 Å². The van der Waals surface area contributed by atoms with Gasteiger partial charge in [0, 0.05) is 5.39 Å². The molecule has 2 N–H and O–H groups in total. The van der Waals surface area contributed by atoms with E-state index in [4.69, 9.17) is 14.6 Å². The van der Waals surface area contributed by atoms with Crippen LogP contribution in [-0.2, 0) is 0 Å². The van der Waals surface area contributed by atoms with Crippen molar-refractivity contribution < 1.29 is 19.4 Å². The number of fused-ring (bicyclic) bond motifs is 1. The number of H-pyrrole nitrogens is 1. The van der Waals surface area contributed by atoms with Crippen molar-refractivity contribution in [2.75, 3.05) is 14.2 Å². The van der Waals surface area contributed by atoms with Gasteiger partial charge >= 0.3 is 5.97 Å². The zero-order chi connectivity index (χ0) is 13.3. The van der Waals surface area contributed by atoms with E-state index in [9.17, 15) is 9.59 Å². The summed E-state index contributed by atoms with van der Waals surface area (Å²) in [6, 6.07) is 5.00. The van der Waals surface area contributed by atoms with Crippen LogP contribution in [0.5, 0.6) is 11.5 Å². The number of ether oxygens (including phenoxy) is 2. The Balaban J connectivity index is 2.97. The van der Waals surface area contributed by atoms with Crippen LogP contribution in [0.3, 0.4) is 0 Å². The predicted molar refractivity (Wildman–Crippen MR) is 64.6 cm³/mol. The highest BCUT2D eigenvalue weighted by Gasteiger charge is 2.20. The van der Waals surface area contributed by atoms with Crippen LogP contribution in [0.15, 0.2) is 23.0 Å². The first kappa shape index (κ1) is 12.0. The van der Waals surface area contributed by atoms with Crippen molar-refractivity contribution in [2.24, 2.45) is 0 Å². The monoisotopic (exact) mass is 249 g/mol. The lowest BCUT2D eigenvalue weighted by Gasteiger charge is -2.10. The molecule has 18 heavy (non-hydrogen) atoms. The van der Waals surface area contributed by atoms with Crippen LogP contribution in [0.4, 0.5) is 0 Å². The number of aromatic carboxylic acids is 1. The summed E-state index contributed by atoms with van der Waals surface area (Å²) in [7, 11) is 2.78. The summed E-state index contributed by atoms with van der Waals surface area (Å²) in [5.74, 6) is -0.863. The molecule has 0 spiro atoms. The molecule has 6 nitrogen and oxygen atoms in total. The number of para-hydroxylation sites is 1. The summed E-state index contributed by atoms with van der Waals surface area (Å²) >= 11 is 0. The molecule has 1 heterocycles. The minimum Gasteiger partial charge on any atom is -0.495 e. The van der Waals surface area contributed by atoms with Gasteiger partial charge in [-0.25, -0.2) is 4.79 Å². The maximum atomic E-state index is 11.8. The van der Waals surface area contributed by atoms with Crippen LogP contribution in [0.25, 0.3) is 10.9 Å². The Kier molecular flexibility index (Phi) is 2.93. The summed E-state index contributed by atoms with van der Waals surface area (Å²) in [6.07, 6.45) is 0. The molecule has 1 aromatic carbocycles. The molecule has 0 saturated carbocycles. The lowest BCUT2D eigenvalue weighted by molar-refractivity contribution is 0.0691. The van der Waals surface area contributed by atoms with E-state index in [0.29, 0.717) is 16.7 Å². The quantitative estimate of drug-likeness (QED) is 0.854. The van der Waals surface area contributed by atoms with Gasteiger partial charge in [-0.1, -0.05) is 6.07 Å². The van der Waals surface area contributed by atoms with Crippen molar-refractivity contribution in [3.63, 3.8) is 0 Å². The van der Waals surface area contributed by atoms with Crippen LogP contribution >= 0.6 is 0 Å². The van der Waals surface area contributed by atoms with Crippen LogP contribution in [0.2, 0.25) is 0 Å². The molecule has 0 aliphatic rings. The second kappa shape index (κ2) is 4.40. The Hall–Kier alpha value is -2.50. The minimum atomic E-state index is -1.34. The molecule has 0 aliphatic heterocycles. The van der Waals surface area contributed by atoms with E-state index in [2.05, 4.69) is 4.98 Å². The Bertz CT molecular complexity index is 674. The van der Waals surface area contributed by atoms with Crippen molar-refractivity contribution in [1.29, 1.82) is 0 Å². The fourth-order valence-electron chi connectivity index (χ4n) is 1.84. The summed E-state index contributed by atoms with van der Waals surface area (Å²) in [4.78, 5) is 25.3. The second-order valence-electron chi connectivity index (χ2n) is 3.55. The van der Waals surface area contributed by atoms with Gasteiger partial charge in [0.1, 0.15) is 11.5 Å². The van der Waals surface area contributed by atoms with E-state index in [0.717, 1.165) is 0 Å². The van der Waals surface area contributed by atoms with Crippen LogP contribution in [-0.4, -0.2) is 30.3 Å². The molecular formula is C12H11NO5. The number of hydrogen-bond donors (Lipinski definition) is 2. The Morgan fingerprint density at radius 1 is 1.28 bits per heavy atom. The lowest BCUT2D eigenvalue weighted by Crippen LogP contribution is -2.19. The average molecular weight is 249 g/mol. The number of benzene rings is 1. The summed E-state index contributed by atoms with van der Waals surface area (Å²) in [5, 5.41) is 9.51. The zero-order valence-corrected chi connectivity index (χ0v) is 9.81. The van der Waals surface area contributed by atoms with Gasteiger partial charge in [-0.2, -0.15) is 0 Å². The Labute approximate surface area is 102 Å². The topological polar surface area (TPSA) is 88.6 Å². The standard InChI is InChI=1S/C12H11NO5/c1-17-7-5-3-4-6-9(7)13-11(14)8(12(15)16)10(6)18-2/h3-5H,1-2H3,(H,13,14)(H,15,16). The molecule has 0 saturated heterocycles. The minimum absolute atomic E-state index is 0.0279. The van der Waals surface area contributed by atoms with E-state index in [1.54, 1.807) is 18.2 Å². The van der Waals surface area contributed by atoms with Crippen LogP contribution in [0, 0.1) is 0 Å². The highest BCUT2D eigenvalue weighted by Crippen LogP contribution is 2.31. The van der Waals surface area contributed by atoms with Crippen molar-refractivity contribution >= 4 is 16.9 Å².